The van der Waals surface area contributed by atoms with Crippen molar-refractivity contribution in [2.24, 2.45) is 5.92 Å². The first kappa shape index (κ1) is 22.3. The summed E-state index contributed by atoms with van der Waals surface area (Å²) in [5, 5.41) is 10.2. The average Bonchev–Trinajstić information content (AvgIpc) is 2.71. The predicted molar refractivity (Wildman–Crippen MR) is 105 cm³/mol. The molecule has 1 aromatic carbocycles. The number of amides is 2. The van der Waals surface area contributed by atoms with Crippen LogP contribution < -0.4 is 16.0 Å². The van der Waals surface area contributed by atoms with Crippen LogP contribution in [-0.2, 0) is 4.74 Å². The van der Waals surface area contributed by atoms with Gasteiger partial charge in [0.25, 0.3) is 0 Å². The van der Waals surface area contributed by atoms with Crippen LogP contribution in [-0.4, -0.2) is 37.8 Å². The van der Waals surface area contributed by atoms with Crippen molar-refractivity contribution >= 4 is 41.6 Å². The molecule has 1 fully saturated rings. The van der Waals surface area contributed by atoms with E-state index < -0.39 is 0 Å². The average molecular weight is 411 g/mol. The third-order valence-corrected chi connectivity index (χ3v) is 4.44. The van der Waals surface area contributed by atoms with Gasteiger partial charge in [0.1, 0.15) is 0 Å². The molecule has 2 rings (SSSR count). The molecule has 1 aliphatic rings. The Balaban J connectivity index is 0.00000312. The fourth-order valence-electron chi connectivity index (χ4n) is 2.63. The molecule has 0 saturated carbocycles. The molecule has 0 radical (unpaired) electrons. The van der Waals surface area contributed by atoms with Crippen molar-refractivity contribution in [3.8, 4) is 0 Å². The van der Waals surface area contributed by atoms with Gasteiger partial charge in [-0.05, 0) is 38.5 Å². The SMILES string of the molecule is CC(C)(C)NC(=O)NC[C@@H]1CNCCO[C@H]1c1ccc(Cl)c(Cl)c1.Cl. The van der Waals surface area contributed by atoms with Crippen LogP contribution in [0.25, 0.3) is 0 Å². The van der Waals surface area contributed by atoms with Crippen molar-refractivity contribution in [1.29, 1.82) is 0 Å². The topological polar surface area (TPSA) is 62.4 Å². The minimum absolute atomic E-state index is 0. The van der Waals surface area contributed by atoms with Gasteiger partial charge in [-0.2, -0.15) is 0 Å². The van der Waals surface area contributed by atoms with Crippen LogP contribution in [0, 0.1) is 5.92 Å². The van der Waals surface area contributed by atoms with Gasteiger partial charge in [0, 0.05) is 31.1 Å². The molecule has 1 heterocycles. The van der Waals surface area contributed by atoms with Gasteiger partial charge in [0.15, 0.2) is 0 Å². The molecule has 0 unspecified atom stereocenters. The monoisotopic (exact) mass is 409 g/mol. The zero-order valence-electron chi connectivity index (χ0n) is 14.7. The van der Waals surface area contributed by atoms with Crippen LogP contribution in [0.1, 0.15) is 32.4 Å². The van der Waals surface area contributed by atoms with E-state index in [0.29, 0.717) is 23.2 Å². The summed E-state index contributed by atoms with van der Waals surface area (Å²) < 4.78 is 5.99. The van der Waals surface area contributed by atoms with Crippen LogP contribution in [0.15, 0.2) is 18.2 Å². The van der Waals surface area contributed by atoms with Gasteiger partial charge in [0.2, 0.25) is 0 Å². The lowest BCUT2D eigenvalue weighted by molar-refractivity contribution is 0.0314. The highest BCUT2D eigenvalue weighted by molar-refractivity contribution is 6.42. The summed E-state index contributed by atoms with van der Waals surface area (Å²) in [5.74, 6) is 0.0930. The molecule has 2 amide bonds. The Bertz CT molecular complexity index is 579. The Morgan fingerprint density at radius 2 is 2.04 bits per heavy atom. The van der Waals surface area contributed by atoms with Gasteiger partial charge in [-0.25, -0.2) is 4.79 Å². The number of hydrogen-bond acceptors (Lipinski definition) is 3. The van der Waals surface area contributed by atoms with Crippen molar-refractivity contribution in [2.75, 3.05) is 26.2 Å². The summed E-state index contributed by atoms with van der Waals surface area (Å²) in [6.45, 7) is 8.48. The summed E-state index contributed by atoms with van der Waals surface area (Å²) in [4.78, 5) is 12.0. The summed E-state index contributed by atoms with van der Waals surface area (Å²) in [5.41, 5.74) is 0.696. The van der Waals surface area contributed by atoms with Crippen LogP contribution in [0.5, 0.6) is 0 Å². The molecular formula is C17H26Cl3N3O2. The molecule has 1 saturated heterocycles. The molecular weight excluding hydrogens is 385 g/mol. The molecule has 0 bridgehead atoms. The molecule has 3 N–H and O–H groups in total. The van der Waals surface area contributed by atoms with Crippen LogP contribution in [0.3, 0.4) is 0 Å². The van der Waals surface area contributed by atoms with E-state index in [1.807, 2.05) is 32.9 Å². The van der Waals surface area contributed by atoms with E-state index in [4.69, 9.17) is 27.9 Å². The Labute approximate surface area is 165 Å². The van der Waals surface area contributed by atoms with E-state index in [0.717, 1.165) is 18.7 Å². The number of halogens is 3. The van der Waals surface area contributed by atoms with E-state index in [1.165, 1.54) is 0 Å². The van der Waals surface area contributed by atoms with E-state index in [1.54, 1.807) is 6.07 Å². The lowest BCUT2D eigenvalue weighted by atomic mass is 9.95. The second-order valence-electron chi connectivity index (χ2n) is 7.01. The van der Waals surface area contributed by atoms with E-state index >= 15 is 0 Å². The van der Waals surface area contributed by atoms with Gasteiger partial charge in [-0.15, -0.1) is 12.4 Å². The predicted octanol–water partition coefficient (Wildman–Crippen LogP) is 3.79. The van der Waals surface area contributed by atoms with Gasteiger partial charge >= 0.3 is 6.03 Å². The van der Waals surface area contributed by atoms with Crippen LogP contribution in [0.2, 0.25) is 10.0 Å². The molecule has 142 valence electrons. The Morgan fingerprint density at radius 3 is 2.68 bits per heavy atom. The first-order valence-corrected chi connectivity index (χ1v) is 8.85. The van der Waals surface area contributed by atoms with Crippen molar-refractivity contribution in [1.82, 2.24) is 16.0 Å². The summed E-state index contributed by atoms with van der Waals surface area (Å²) in [6, 6.07) is 5.35. The molecule has 2 atom stereocenters. The third-order valence-electron chi connectivity index (χ3n) is 3.70. The first-order chi connectivity index (χ1) is 11.3. The van der Waals surface area contributed by atoms with E-state index in [2.05, 4.69) is 16.0 Å². The van der Waals surface area contributed by atoms with Crippen LogP contribution >= 0.6 is 35.6 Å². The molecule has 0 aromatic heterocycles. The van der Waals surface area contributed by atoms with Gasteiger partial charge in [-0.1, -0.05) is 29.3 Å². The number of nitrogens with one attached hydrogen (secondary N) is 3. The maximum Gasteiger partial charge on any atom is 0.315 e. The minimum Gasteiger partial charge on any atom is -0.372 e. The van der Waals surface area contributed by atoms with E-state index in [-0.39, 0.29) is 36.0 Å². The molecule has 1 aliphatic heterocycles. The zero-order chi connectivity index (χ0) is 17.7. The second kappa shape index (κ2) is 9.83. The molecule has 5 nitrogen and oxygen atoms in total. The zero-order valence-corrected chi connectivity index (χ0v) is 17.0. The molecule has 25 heavy (non-hydrogen) atoms. The number of carbonyl (C=O) groups is 1. The quantitative estimate of drug-likeness (QED) is 0.710. The maximum atomic E-state index is 12.0. The number of ether oxygens (including phenoxy) is 1. The summed E-state index contributed by atoms with van der Waals surface area (Å²) in [7, 11) is 0. The number of urea groups is 1. The maximum absolute atomic E-state index is 12.0. The molecule has 8 heteroatoms. The fourth-order valence-corrected chi connectivity index (χ4v) is 2.94. The number of rotatable bonds is 3. The highest BCUT2D eigenvalue weighted by Gasteiger charge is 2.27. The normalized spacial score (nSPS) is 21.0. The standard InChI is InChI=1S/C17H25Cl2N3O2.ClH/c1-17(2,3)22-16(23)21-10-12-9-20-6-7-24-15(12)11-4-5-13(18)14(19)8-11;/h4-5,8,12,15,20H,6-7,9-10H2,1-3H3,(H2,21,22,23);1H/t12-,15-;/m0./s1. The summed E-state index contributed by atoms with van der Waals surface area (Å²) in [6.07, 6.45) is -0.148. The molecule has 0 spiro atoms. The molecule has 1 aromatic rings. The van der Waals surface area contributed by atoms with Crippen molar-refractivity contribution in [3.63, 3.8) is 0 Å². The highest BCUT2D eigenvalue weighted by atomic mass is 35.5. The summed E-state index contributed by atoms with van der Waals surface area (Å²) >= 11 is 12.1. The Hall–Kier alpha value is -0.720. The fraction of sp³-hybridized carbons (Fsp3) is 0.588. The lowest BCUT2D eigenvalue weighted by Gasteiger charge is -2.27. The van der Waals surface area contributed by atoms with Crippen molar-refractivity contribution < 1.29 is 9.53 Å². The first-order valence-electron chi connectivity index (χ1n) is 8.09. The highest BCUT2D eigenvalue weighted by Crippen LogP contribution is 2.31. The van der Waals surface area contributed by atoms with Gasteiger partial charge < -0.3 is 20.7 Å². The van der Waals surface area contributed by atoms with Gasteiger partial charge in [-0.3, -0.25) is 0 Å². The number of carbonyl (C=O) groups excluding carboxylic acids is 1. The second-order valence-corrected chi connectivity index (χ2v) is 7.83. The lowest BCUT2D eigenvalue weighted by Crippen LogP contribution is -2.48. The van der Waals surface area contributed by atoms with Crippen LogP contribution in [0.4, 0.5) is 4.79 Å². The third kappa shape index (κ3) is 7.19. The smallest absolute Gasteiger partial charge is 0.315 e. The largest absolute Gasteiger partial charge is 0.372 e. The Kier molecular flexibility index (Phi) is 8.78. The number of benzene rings is 1. The minimum atomic E-state index is -0.272. The number of hydrogen-bond donors (Lipinski definition) is 3. The Morgan fingerprint density at radius 1 is 1.32 bits per heavy atom. The van der Waals surface area contributed by atoms with Crippen molar-refractivity contribution in [3.05, 3.63) is 33.8 Å². The molecule has 0 aliphatic carbocycles. The van der Waals surface area contributed by atoms with Gasteiger partial charge in [0.05, 0.1) is 22.8 Å². The van der Waals surface area contributed by atoms with Crippen molar-refractivity contribution in [2.45, 2.75) is 32.4 Å². The van der Waals surface area contributed by atoms with E-state index in [9.17, 15) is 4.79 Å².